The lowest BCUT2D eigenvalue weighted by Crippen LogP contribution is -2.46. The van der Waals surface area contributed by atoms with Gasteiger partial charge in [-0.15, -0.1) is 0 Å². The summed E-state index contributed by atoms with van der Waals surface area (Å²) >= 11 is 0. The second kappa shape index (κ2) is 4.07. The molecular formula is C13H14N2O2. The van der Waals surface area contributed by atoms with Crippen molar-refractivity contribution in [2.24, 2.45) is 17.4 Å². The van der Waals surface area contributed by atoms with Crippen LogP contribution in [0, 0.1) is 5.92 Å². The van der Waals surface area contributed by atoms with Crippen molar-refractivity contribution in [2.75, 3.05) is 0 Å². The van der Waals surface area contributed by atoms with Crippen molar-refractivity contribution in [3.8, 4) is 0 Å². The van der Waals surface area contributed by atoms with E-state index >= 15 is 0 Å². The highest BCUT2D eigenvalue weighted by Gasteiger charge is 2.39. The van der Waals surface area contributed by atoms with Crippen LogP contribution in [0.5, 0.6) is 0 Å². The minimum absolute atomic E-state index is 0.425. The summed E-state index contributed by atoms with van der Waals surface area (Å²) in [5.74, 6) is -1.83. The molecule has 0 bridgehead atoms. The van der Waals surface area contributed by atoms with Crippen molar-refractivity contribution in [2.45, 2.75) is 5.54 Å². The molecule has 1 aromatic rings. The van der Waals surface area contributed by atoms with Crippen LogP contribution in [0.3, 0.4) is 0 Å². The Kier molecular flexibility index (Phi) is 2.73. The summed E-state index contributed by atoms with van der Waals surface area (Å²) in [7, 11) is 0. The molecule has 0 fully saturated rings. The number of allylic oxidation sites excluding steroid dienone is 1. The van der Waals surface area contributed by atoms with E-state index in [4.69, 9.17) is 11.5 Å². The normalized spacial score (nSPS) is 27.6. The minimum Gasteiger partial charge on any atom is -0.481 e. The molecule has 1 aliphatic carbocycles. The van der Waals surface area contributed by atoms with Crippen LogP contribution >= 0.6 is 0 Å². The monoisotopic (exact) mass is 230 g/mol. The SMILES string of the molecule is NC1=CC(C(=O)O)C(N)(c2ccccc2)C=C1. The van der Waals surface area contributed by atoms with Gasteiger partial charge in [-0.1, -0.05) is 36.4 Å². The molecular weight excluding hydrogens is 216 g/mol. The van der Waals surface area contributed by atoms with E-state index in [1.807, 2.05) is 30.3 Å². The van der Waals surface area contributed by atoms with E-state index in [0.29, 0.717) is 5.70 Å². The van der Waals surface area contributed by atoms with Gasteiger partial charge < -0.3 is 16.6 Å². The van der Waals surface area contributed by atoms with Gasteiger partial charge in [0, 0.05) is 5.70 Å². The van der Waals surface area contributed by atoms with E-state index in [1.165, 1.54) is 6.08 Å². The second-order valence-corrected chi connectivity index (χ2v) is 4.11. The highest BCUT2D eigenvalue weighted by atomic mass is 16.4. The third-order valence-electron chi connectivity index (χ3n) is 2.97. The molecule has 2 rings (SSSR count). The van der Waals surface area contributed by atoms with Crippen molar-refractivity contribution in [1.29, 1.82) is 0 Å². The third kappa shape index (κ3) is 1.94. The van der Waals surface area contributed by atoms with Crippen molar-refractivity contribution < 1.29 is 9.90 Å². The largest absolute Gasteiger partial charge is 0.481 e. The molecule has 0 saturated heterocycles. The average Bonchev–Trinajstić information content (AvgIpc) is 2.33. The maximum Gasteiger partial charge on any atom is 0.313 e. The quantitative estimate of drug-likeness (QED) is 0.705. The number of benzene rings is 1. The topological polar surface area (TPSA) is 89.3 Å². The average molecular weight is 230 g/mol. The van der Waals surface area contributed by atoms with Crippen molar-refractivity contribution >= 4 is 5.97 Å². The van der Waals surface area contributed by atoms with Gasteiger partial charge in [0.25, 0.3) is 0 Å². The Labute approximate surface area is 99.2 Å². The molecule has 0 saturated carbocycles. The Morgan fingerprint density at radius 1 is 1.29 bits per heavy atom. The van der Waals surface area contributed by atoms with Crippen LogP contribution in [0.15, 0.2) is 54.3 Å². The zero-order chi connectivity index (χ0) is 12.5. The summed E-state index contributed by atoms with van der Waals surface area (Å²) in [5.41, 5.74) is 12.0. The third-order valence-corrected chi connectivity index (χ3v) is 2.97. The van der Waals surface area contributed by atoms with E-state index < -0.39 is 17.4 Å². The Morgan fingerprint density at radius 3 is 2.53 bits per heavy atom. The first kappa shape index (κ1) is 11.4. The van der Waals surface area contributed by atoms with Gasteiger partial charge in [0.15, 0.2) is 0 Å². The Morgan fingerprint density at radius 2 is 1.94 bits per heavy atom. The first-order valence-corrected chi connectivity index (χ1v) is 5.28. The summed E-state index contributed by atoms with van der Waals surface area (Å²) in [6.07, 6.45) is 4.78. The van der Waals surface area contributed by atoms with Crippen LogP contribution in [0.4, 0.5) is 0 Å². The zero-order valence-corrected chi connectivity index (χ0v) is 9.21. The van der Waals surface area contributed by atoms with Gasteiger partial charge in [-0.3, -0.25) is 4.79 Å². The molecule has 4 heteroatoms. The van der Waals surface area contributed by atoms with Gasteiger partial charge in [0.05, 0.1) is 5.54 Å². The molecule has 1 aromatic carbocycles. The van der Waals surface area contributed by atoms with Crippen LogP contribution in [0.2, 0.25) is 0 Å². The van der Waals surface area contributed by atoms with Gasteiger partial charge in [-0.2, -0.15) is 0 Å². The number of nitrogens with two attached hydrogens (primary N) is 2. The summed E-state index contributed by atoms with van der Waals surface area (Å²) in [6.45, 7) is 0. The summed E-state index contributed by atoms with van der Waals surface area (Å²) < 4.78 is 0. The van der Waals surface area contributed by atoms with Crippen LogP contribution in [0.25, 0.3) is 0 Å². The van der Waals surface area contributed by atoms with Gasteiger partial charge in [-0.05, 0) is 17.7 Å². The fourth-order valence-corrected chi connectivity index (χ4v) is 2.00. The lowest BCUT2D eigenvalue weighted by atomic mass is 9.75. The molecule has 0 heterocycles. The van der Waals surface area contributed by atoms with Crippen LogP contribution < -0.4 is 11.5 Å². The molecule has 4 nitrogen and oxygen atoms in total. The molecule has 2 unspecified atom stereocenters. The fraction of sp³-hybridized carbons (Fsp3) is 0.154. The number of carboxylic acids is 1. The van der Waals surface area contributed by atoms with Crippen LogP contribution in [0.1, 0.15) is 5.56 Å². The molecule has 0 spiro atoms. The highest BCUT2D eigenvalue weighted by Crippen LogP contribution is 2.33. The van der Waals surface area contributed by atoms with E-state index in [0.717, 1.165) is 5.56 Å². The predicted octanol–water partition coefficient (Wildman–Crippen LogP) is 0.954. The summed E-state index contributed by atoms with van der Waals surface area (Å²) in [5, 5.41) is 9.24. The lowest BCUT2D eigenvalue weighted by molar-refractivity contribution is -0.141. The second-order valence-electron chi connectivity index (χ2n) is 4.11. The predicted molar refractivity (Wildman–Crippen MR) is 64.8 cm³/mol. The number of rotatable bonds is 2. The standard InChI is InChI=1S/C13H14N2O2/c14-10-6-7-13(15,11(8-10)12(16)17)9-4-2-1-3-5-9/h1-8,11H,14-15H2,(H,16,17). The number of hydrogen-bond donors (Lipinski definition) is 3. The summed E-state index contributed by atoms with van der Waals surface area (Å²) in [4.78, 5) is 11.3. The van der Waals surface area contributed by atoms with Gasteiger partial charge in [-0.25, -0.2) is 0 Å². The van der Waals surface area contributed by atoms with E-state index in [2.05, 4.69) is 0 Å². The molecule has 2 atom stereocenters. The number of carbonyl (C=O) groups is 1. The Hall–Kier alpha value is -2.07. The van der Waals surface area contributed by atoms with Crippen molar-refractivity contribution in [3.05, 3.63) is 59.8 Å². The zero-order valence-electron chi connectivity index (χ0n) is 9.21. The minimum atomic E-state index is -1.05. The number of carboxylic acid groups (broad SMARTS) is 1. The Balaban J connectivity index is 2.49. The summed E-state index contributed by atoms with van der Waals surface area (Å²) in [6, 6.07) is 9.15. The lowest BCUT2D eigenvalue weighted by Gasteiger charge is -2.33. The van der Waals surface area contributed by atoms with E-state index in [-0.39, 0.29) is 0 Å². The molecule has 0 amide bonds. The number of aliphatic carboxylic acids is 1. The molecule has 0 aromatic heterocycles. The number of hydrogen-bond acceptors (Lipinski definition) is 3. The first-order valence-electron chi connectivity index (χ1n) is 5.28. The molecule has 88 valence electrons. The molecule has 0 radical (unpaired) electrons. The van der Waals surface area contributed by atoms with E-state index in [9.17, 15) is 9.90 Å². The molecule has 0 aliphatic heterocycles. The maximum atomic E-state index is 11.3. The molecule has 5 N–H and O–H groups in total. The van der Waals surface area contributed by atoms with Gasteiger partial charge in [0.1, 0.15) is 5.92 Å². The van der Waals surface area contributed by atoms with Crippen molar-refractivity contribution in [3.63, 3.8) is 0 Å². The first-order chi connectivity index (χ1) is 8.04. The fourth-order valence-electron chi connectivity index (χ4n) is 2.00. The molecule has 17 heavy (non-hydrogen) atoms. The maximum absolute atomic E-state index is 11.3. The van der Waals surface area contributed by atoms with Gasteiger partial charge in [0.2, 0.25) is 0 Å². The smallest absolute Gasteiger partial charge is 0.313 e. The van der Waals surface area contributed by atoms with Crippen LogP contribution in [-0.2, 0) is 10.3 Å². The van der Waals surface area contributed by atoms with Crippen molar-refractivity contribution in [1.82, 2.24) is 0 Å². The molecule has 1 aliphatic rings. The van der Waals surface area contributed by atoms with Gasteiger partial charge >= 0.3 is 5.97 Å². The highest BCUT2D eigenvalue weighted by molar-refractivity contribution is 5.76. The van der Waals surface area contributed by atoms with E-state index in [1.54, 1.807) is 12.2 Å². The Bertz CT molecular complexity index is 493. The van der Waals surface area contributed by atoms with Crippen LogP contribution in [-0.4, -0.2) is 11.1 Å².